The summed E-state index contributed by atoms with van der Waals surface area (Å²) in [7, 11) is 0. The van der Waals surface area contributed by atoms with Gasteiger partial charge < -0.3 is 10.2 Å². The monoisotopic (exact) mass is 104 g/mol. The number of aliphatic hydroxyl groups is 2. The molecule has 0 saturated carbocycles. The van der Waals surface area contributed by atoms with E-state index < -0.39 is 6.29 Å². The van der Waals surface area contributed by atoms with Crippen molar-refractivity contribution in [2.24, 2.45) is 0 Å². The lowest BCUT2D eigenvalue weighted by Crippen LogP contribution is -1.99. The first-order valence-corrected chi connectivity index (χ1v) is 2.13. The van der Waals surface area contributed by atoms with Crippen molar-refractivity contribution in [2.75, 3.05) is 0 Å². The van der Waals surface area contributed by atoms with Crippen molar-refractivity contribution in [2.45, 2.75) is 19.6 Å². The van der Waals surface area contributed by atoms with Crippen LogP contribution in [0.1, 0.15) is 13.3 Å². The molecule has 0 heterocycles. The molecule has 0 unspecified atom stereocenters. The highest BCUT2D eigenvalue weighted by molar-refractivity contribution is 4.22. The second kappa shape index (κ2) is 9.18. The molecule has 0 saturated heterocycles. The minimum Gasteiger partial charge on any atom is -0.368 e. The molecule has 0 fully saturated rings. The Balaban J connectivity index is 0. The van der Waals surface area contributed by atoms with Crippen molar-refractivity contribution >= 4 is 0 Å². The van der Waals surface area contributed by atoms with Crippen LogP contribution in [0.25, 0.3) is 0 Å². The molecule has 0 atom stereocenters. The van der Waals surface area contributed by atoms with E-state index in [1.54, 1.807) is 6.92 Å². The van der Waals surface area contributed by atoms with Gasteiger partial charge in [-0.25, -0.2) is 0 Å². The molecule has 0 aliphatic rings. The number of hydrogen-bond donors (Lipinski definition) is 2. The van der Waals surface area contributed by atoms with Gasteiger partial charge in [0.1, 0.15) is 0 Å². The van der Waals surface area contributed by atoms with Crippen LogP contribution in [0.2, 0.25) is 0 Å². The number of rotatable bonds is 1. The molecule has 44 valence electrons. The molecule has 0 amide bonds. The second-order valence-corrected chi connectivity index (χ2v) is 0.889. The van der Waals surface area contributed by atoms with Gasteiger partial charge in [0, 0.05) is 0 Å². The van der Waals surface area contributed by atoms with Crippen LogP contribution in [0, 0.1) is 0 Å². The van der Waals surface area contributed by atoms with Gasteiger partial charge in [0.15, 0.2) is 6.29 Å². The molecule has 2 nitrogen and oxygen atoms in total. The van der Waals surface area contributed by atoms with Gasteiger partial charge in [0.2, 0.25) is 0 Å². The molecule has 0 aromatic heterocycles. The molecule has 0 radical (unpaired) electrons. The largest absolute Gasteiger partial charge is 0.368 e. The maximum Gasteiger partial charge on any atom is 0.151 e. The first-order chi connectivity index (χ1) is 3.27. The summed E-state index contributed by atoms with van der Waals surface area (Å²) in [6, 6.07) is 0. The fourth-order valence-electron chi connectivity index (χ4n) is 0. The van der Waals surface area contributed by atoms with Crippen molar-refractivity contribution < 1.29 is 10.2 Å². The van der Waals surface area contributed by atoms with E-state index in [-0.39, 0.29) is 0 Å². The quantitative estimate of drug-likeness (QED) is 0.376. The van der Waals surface area contributed by atoms with E-state index in [1.807, 2.05) is 0 Å². The zero-order chi connectivity index (χ0) is 6.28. The first-order valence-electron chi connectivity index (χ1n) is 2.13. The van der Waals surface area contributed by atoms with Crippen LogP contribution in [0.4, 0.5) is 0 Å². The summed E-state index contributed by atoms with van der Waals surface area (Å²) in [6.07, 6.45) is -0.699. The summed E-state index contributed by atoms with van der Waals surface area (Å²) in [5, 5.41) is 15.8. The zero-order valence-electron chi connectivity index (χ0n) is 4.59. The molecule has 7 heavy (non-hydrogen) atoms. The Hall–Kier alpha value is -0.340. The average Bonchev–Trinajstić information content (AvgIpc) is 1.73. The van der Waals surface area contributed by atoms with Crippen LogP contribution in [0.3, 0.4) is 0 Å². The van der Waals surface area contributed by atoms with Crippen LogP contribution in [-0.2, 0) is 0 Å². The summed E-state index contributed by atoms with van der Waals surface area (Å²) in [5.74, 6) is 0. The molecule has 0 aromatic rings. The summed E-state index contributed by atoms with van der Waals surface area (Å²) in [4.78, 5) is 0. The molecule has 0 rings (SSSR count). The third kappa shape index (κ3) is 27.5. The Kier molecular flexibility index (Phi) is 12.9. The Bertz CT molecular complexity index is 27.3. The first kappa shape index (κ1) is 9.83. The molecule has 0 aliphatic carbocycles. The van der Waals surface area contributed by atoms with E-state index in [0.717, 1.165) is 0 Å². The second-order valence-electron chi connectivity index (χ2n) is 0.889. The van der Waals surface area contributed by atoms with E-state index in [1.165, 1.54) is 0 Å². The maximum absolute atomic E-state index is 7.92. The Morgan fingerprint density at radius 2 is 1.57 bits per heavy atom. The average molecular weight is 104 g/mol. The molecule has 0 bridgehead atoms. The molecule has 0 spiro atoms. The Morgan fingerprint density at radius 3 is 1.57 bits per heavy atom. The predicted octanol–water partition coefficient (Wildman–Crippen LogP) is 0.509. The highest BCUT2D eigenvalue weighted by Crippen LogP contribution is 1.77. The topological polar surface area (TPSA) is 40.5 Å². The SMILES string of the molecule is C=C.CCC(O)O. The van der Waals surface area contributed by atoms with Crippen molar-refractivity contribution in [3.05, 3.63) is 13.2 Å². The predicted molar refractivity (Wildman–Crippen MR) is 29.8 cm³/mol. The van der Waals surface area contributed by atoms with Crippen LogP contribution < -0.4 is 0 Å². The van der Waals surface area contributed by atoms with Gasteiger partial charge >= 0.3 is 0 Å². The van der Waals surface area contributed by atoms with Gasteiger partial charge in [0.25, 0.3) is 0 Å². The lowest BCUT2D eigenvalue weighted by atomic mass is 10.5. The van der Waals surface area contributed by atoms with Crippen molar-refractivity contribution in [1.29, 1.82) is 0 Å². The van der Waals surface area contributed by atoms with Gasteiger partial charge in [-0.15, -0.1) is 13.2 Å². The lowest BCUT2D eigenvalue weighted by molar-refractivity contribution is -0.0413. The van der Waals surface area contributed by atoms with Crippen molar-refractivity contribution in [3.8, 4) is 0 Å². The Morgan fingerprint density at radius 1 is 1.43 bits per heavy atom. The van der Waals surface area contributed by atoms with Gasteiger partial charge in [-0.2, -0.15) is 0 Å². The van der Waals surface area contributed by atoms with Gasteiger partial charge in [0.05, 0.1) is 0 Å². The van der Waals surface area contributed by atoms with E-state index in [9.17, 15) is 0 Å². The van der Waals surface area contributed by atoms with Gasteiger partial charge in [-0.3, -0.25) is 0 Å². The fourth-order valence-corrected chi connectivity index (χ4v) is 0. The highest BCUT2D eigenvalue weighted by Gasteiger charge is 1.83. The summed E-state index contributed by atoms with van der Waals surface area (Å²) >= 11 is 0. The molecule has 2 N–H and O–H groups in total. The smallest absolute Gasteiger partial charge is 0.151 e. The highest BCUT2D eigenvalue weighted by atomic mass is 16.5. The van der Waals surface area contributed by atoms with Crippen molar-refractivity contribution in [3.63, 3.8) is 0 Å². The van der Waals surface area contributed by atoms with E-state index in [0.29, 0.717) is 6.42 Å². The molecule has 2 heteroatoms. The fraction of sp³-hybridized carbons (Fsp3) is 0.600. The minimum absolute atomic E-state index is 0.417. The van der Waals surface area contributed by atoms with Crippen LogP contribution >= 0.6 is 0 Å². The third-order valence-corrected chi connectivity index (χ3v) is 0.365. The molecule has 0 aliphatic heterocycles. The Labute approximate surface area is 44.1 Å². The summed E-state index contributed by atoms with van der Waals surface area (Å²) in [5.41, 5.74) is 0. The number of hydrogen-bond acceptors (Lipinski definition) is 2. The van der Waals surface area contributed by atoms with Gasteiger partial charge in [-0.05, 0) is 6.42 Å². The van der Waals surface area contributed by atoms with Crippen molar-refractivity contribution in [1.82, 2.24) is 0 Å². The van der Waals surface area contributed by atoms with E-state index >= 15 is 0 Å². The standard InChI is InChI=1S/C3H8O2.C2H4/c1-2-3(4)5;1-2/h3-5H,2H2,1H3;1-2H2. The van der Waals surface area contributed by atoms with Crippen LogP contribution in [0.5, 0.6) is 0 Å². The molecule has 0 aromatic carbocycles. The summed E-state index contributed by atoms with van der Waals surface area (Å²) in [6.45, 7) is 7.70. The molecular formula is C5H12O2. The molecular weight excluding hydrogens is 92.1 g/mol. The van der Waals surface area contributed by atoms with Crippen LogP contribution in [-0.4, -0.2) is 16.5 Å². The van der Waals surface area contributed by atoms with Crippen LogP contribution in [0.15, 0.2) is 13.2 Å². The minimum atomic E-state index is -1.12. The summed E-state index contributed by atoms with van der Waals surface area (Å²) < 4.78 is 0. The number of aliphatic hydroxyl groups excluding tert-OH is 1. The van der Waals surface area contributed by atoms with E-state index in [4.69, 9.17) is 10.2 Å². The third-order valence-electron chi connectivity index (χ3n) is 0.365. The maximum atomic E-state index is 7.92. The lowest BCUT2D eigenvalue weighted by Gasteiger charge is -1.90. The zero-order valence-corrected chi connectivity index (χ0v) is 4.59. The normalized spacial score (nSPS) is 7.43. The van der Waals surface area contributed by atoms with Gasteiger partial charge in [-0.1, -0.05) is 6.92 Å². The van der Waals surface area contributed by atoms with E-state index in [2.05, 4.69) is 13.2 Å².